The topological polar surface area (TPSA) is 33.1 Å². The van der Waals surface area contributed by atoms with Gasteiger partial charge in [-0.05, 0) is 24.3 Å². The van der Waals surface area contributed by atoms with Crippen LogP contribution < -0.4 is 0 Å². The zero-order valence-electron chi connectivity index (χ0n) is 8.32. The molecule has 0 aliphatic heterocycles. The van der Waals surface area contributed by atoms with Crippen LogP contribution in [0.5, 0.6) is 0 Å². The van der Waals surface area contributed by atoms with Crippen molar-refractivity contribution >= 4 is 0 Å². The zero-order valence-corrected chi connectivity index (χ0v) is 8.32. The minimum Gasteiger partial charge on any atom is -0.392 e. The summed E-state index contributed by atoms with van der Waals surface area (Å²) in [6.45, 7) is -0.420. The molecule has 1 N–H and O–H groups in total. The number of benzene rings is 1. The van der Waals surface area contributed by atoms with Gasteiger partial charge in [0.2, 0.25) is 5.95 Å². The van der Waals surface area contributed by atoms with Crippen molar-refractivity contribution in [1.29, 1.82) is 0 Å². The van der Waals surface area contributed by atoms with E-state index in [1.165, 1.54) is 24.3 Å². The normalized spacial score (nSPS) is 10.4. The van der Waals surface area contributed by atoms with Crippen molar-refractivity contribution in [3.63, 3.8) is 0 Å². The summed E-state index contributed by atoms with van der Waals surface area (Å²) in [5, 5.41) is 8.78. The summed E-state index contributed by atoms with van der Waals surface area (Å²) in [6, 6.07) is 8.89. The van der Waals surface area contributed by atoms with Crippen LogP contribution in [0.1, 0.15) is 5.56 Å². The molecule has 1 aromatic carbocycles. The molecule has 1 aromatic heterocycles. The molecule has 0 radical (unpaired) electrons. The first-order valence-corrected chi connectivity index (χ1v) is 4.73. The number of nitrogens with zero attached hydrogens (tertiary/aromatic N) is 1. The van der Waals surface area contributed by atoms with E-state index in [1.807, 2.05) is 0 Å². The molecular weight excluding hydrogens is 212 g/mol. The van der Waals surface area contributed by atoms with Gasteiger partial charge >= 0.3 is 0 Å². The highest BCUT2D eigenvalue weighted by Gasteiger charge is 2.08. The number of aliphatic hydroxyl groups excluding tert-OH is 1. The predicted molar refractivity (Wildman–Crippen MR) is 55.5 cm³/mol. The third kappa shape index (κ3) is 1.92. The first kappa shape index (κ1) is 10.7. The number of hydrogen-bond acceptors (Lipinski definition) is 2. The highest BCUT2D eigenvalue weighted by atomic mass is 19.1. The van der Waals surface area contributed by atoms with Crippen LogP contribution in [0.25, 0.3) is 11.3 Å². The molecule has 1 heterocycles. The lowest BCUT2D eigenvalue weighted by Gasteiger charge is -2.04. The maximum atomic E-state index is 13.4. The molecule has 16 heavy (non-hydrogen) atoms. The number of pyridine rings is 1. The van der Waals surface area contributed by atoms with Gasteiger partial charge in [0.1, 0.15) is 5.82 Å². The number of hydrogen-bond donors (Lipinski definition) is 1. The van der Waals surface area contributed by atoms with Crippen LogP contribution in [0.15, 0.2) is 36.4 Å². The molecule has 0 saturated carbocycles. The summed E-state index contributed by atoms with van der Waals surface area (Å²) in [4.78, 5) is 3.61. The Bertz CT molecular complexity index is 514. The summed E-state index contributed by atoms with van der Waals surface area (Å²) in [5.41, 5.74) is 0.554. The maximum Gasteiger partial charge on any atom is 0.218 e. The SMILES string of the molecule is OCc1ccc(-c2ccccc2F)nc1F. The lowest BCUT2D eigenvalue weighted by Crippen LogP contribution is -1.96. The van der Waals surface area contributed by atoms with E-state index < -0.39 is 18.4 Å². The highest BCUT2D eigenvalue weighted by molar-refractivity contribution is 5.59. The van der Waals surface area contributed by atoms with Crippen molar-refractivity contribution in [1.82, 2.24) is 4.98 Å². The zero-order chi connectivity index (χ0) is 11.5. The molecule has 4 heteroatoms. The van der Waals surface area contributed by atoms with Crippen molar-refractivity contribution in [2.24, 2.45) is 0 Å². The Morgan fingerprint density at radius 3 is 2.44 bits per heavy atom. The van der Waals surface area contributed by atoms with Crippen molar-refractivity contribution in [3.05, 3.63) is 53.7 Å². The molecule has 2 aromatic rings. The third-order valence-corrected chi connectivity index (χ3v) is 2.25. The Kier molecular flexibility index (Phi) is 2.92. The Balaban J connectivity index is 2.50. The van der Waals surface area contributed by atoms with Gasteiger partial charge in [-0.2, -0.15) is 4.39 Å². The van der Waals surface area contributed by atoms with E-state index in [2.05, 4.69) is 4.98 Å². The number of halogens is 2. The van der Waals surface area contributed by atoms with Gasteiger partial charge in [-0.15, -0.1) is 0 Å². The Morgan fingerprint density at radius 2 is 1.81 bits per heavy atom. The van der Waals surface area contributed by atoms with Gasteiger partial charge in [0.05, 0.1) is 12.3 Å². The van der Waals surface area contributed by atoms with Crippen LogP contribution in [0.4, 0.5) is 8.78 Å². The minimum absolute atomic E-state index is 0.0973. The van der Waals surface area contributed by atoms with Crippen molar-refractivity contribution in [2.45, 2.75) is 6.61 Å². The molecule has 0 atom stereocenters. The summed E-state index contributed by atoms with van der Waals surface area (Å²) >= 11 is 0. The molecule has 2 rings (SSSR count). The molecule has 0 spiro atoms. The van der Waals surface area contributed by atoms with Crippen LogP contribution in [0.3, 0.4) is 0 Å². The molecule has 0 aliphatic rings. The third-order valence-electron chi connectivity index (χ3n) is 2.25. The largest absolute Gasteiger partial charge is 0.392 e. The molecule has 0 amide bonds. The lowest BCUT2D eigenvalue weighted by molar-refractivity contribution is 0.274. The van der Waals surface area contributed by atoms with E-state index >= 15 is 0 Å². The molecule has 82 valence electrons. The molecule has 0 fully saturated rings. The molecular formula is C12H9F2NO. The van der Waals surface area contributed by atoms with E-state index in [9.17, 15) is 8.78 Å². The fourth-order valence-electron chi connectivity index (χ4n) is 1.40. The van der Waals surface area contributed by atoms with Gasteiger partial charge < -0.3 is 5.11 Å². The van der Waals surface area contributed by atoms with Crippen molar-refractivity contribution in [3.8, 4) is 11.3 Å². The number of rotatable bonds is 2. The van der Waals surface area contributed by atoms with Gasteiger partial charge in [-0.3, -0.25) is 0 Å². The van der Waals surface area contributed by atoms with Gasteiger partial charge in [0.15, 0.2) is 0 Å². The van der Waals surface area contributed by atoms with Gasteiger partial charge in [0, 0.05) is 11.1 Å². The second-order valence-corrected chi connectivity index (χ2v) is 3.28. The molecule has 0 bridgehead atoms. The summed E-state index contributed by atoms with van der Waals surface area (Å²) < 4.78 is 26.7. The summed E-state index contributed by atoms with van der Waals surface area (Å²) in [7, 11) is 0. The number of aliphatic hydroxyl groups is 1. The summed E-state index contributed by atoms with van der Waals surface area (Å²) in [5.74, 6) is -1.23. The second kappa shape index (κ2) is 4.37. The van der Waals surface area contributed by atoms with Gasteiger partial charge in [-0.1, -0.05) is 12.1 Å². The van der Waals surface area contributed by atoms with E-state index in [0.29, 0.717) is 0 Å². The fraction of sp³-hybridized carbons (Fsp3) is 0.0833. The fourth-order valence-corrected chi connectivity index (χ4v) is 1.40. The van der Waals surface area contributed by atoms with E-state index in [-0.39, 0.29) is 16.8 Å². The smallest absolute Gasteiger partial charge is 0.218 e. The summed E-state index contributed by atoms with van der Waals surface area (Å²) in [6.07, 6.45) is 0. The van der Waals surface area contributed by atoms with E-state index in [4.69, 9.17) is 5.11 Å². The Morgan fingerprint density at radius 1 is 1.06 bits per heavy atom. The van der Waals surface area contributed by atoms with E-state index in [0.717, 1.165) is 0 Å². The van der Waals surface area contributed by atoms with Gasteiger partial charge in [0.25, 0.3) is 0 Å². The van der Waals surface area contributed by atoms with Crippen molar-refractivity contribution in [2.75, 3.05) is 0 Å². The van der Waals surface area contributed by atoms with Crippen LogP contribution in [-0.4, -0.2) is 10.1 Å². The molecule has 2 nitrogen and oxygen atoms in total. The molecule has 0 aliphatic carbocycles. The van der Waals surface area contributed by atoms with Crippen LogP contribution in [0, 0.1) is 11.8 Å². The molecule has 0 unspecified atom stereocenters. The lowest BCUT2D eigenvalue weighted by atomic mass is 10.1. The first-order valence-electron chi connectivity index (χ1n) is 4.73. The van der Waals surface area contributed by atoms with Crippen LogP contribution in [-0.2, 0) is 6.61 Å². The standard InChI is InChI=1S/C12H9F2NO/c13-10-4-2-1-3-9(10)11-6-5-8(7-16)12(14)15-11/h1-6,16H,7H2. The molecule has 0 saturated heterocycles. The minimum atomic E-state index is -0.775. The second-order valence-electron chi connectivity index (χ2n) is 3.28. The Hall–Kier alpha value is -1.81. The number of aromatic nitrogens is 1. The van der Waals surface area contributed by atoms with Crippen LogP contribution >= 0.6 is 0 Å². The monoisotopic (exact) mass is 221 g/mol. The average Bonchev–Trinajstić information content (AvgIpc) is 2.29. The maximum absolute atomic E-state index is 13.4. The van der Waals surface area contributed by atoms with Crippen molar-refractivity contribution < 1.29 is 13.9 Å². The first-order chi connectivity index (χ1) is 7.72. The van der Waals surface area contributed by atoms with E-state index in [1.54, 1.807) is 12.1 Å². The van der Waals surface area contributed by atoms with Gasteiger partial charge in [-0.25, -0.2) is 9.37 Å². The average molecular weight is 221 g/mol. The van der Waals surface area contributed by atoms with Crippen LogP contribution in [0.2, 0.25) is 0 Å². The predicted octanol–water partition coefficient (Wildman–Crippen LogP) is 2.52. The Labute approximate surface area is 91.2 Å². The highest BCUT2D eigenvalue weighted by Crippen LogP contribution is 2.21. The quantitative estimate of drug-likeness (QED) is 0.790.